The Balaban J connectivity index is 2.03. The van der Waals surface area contributed by atoms with Gasteiger partial charge in [-0.25, -0.2) is 13.6 Å². The molecule has 3 aromatic rings. The van der Waals surface area contributed by atoms with Crippen molar-refractivity contribution in [2.45, 2.75) is 4.90 Å². The highest BCUT2D eigenvalue weighted by Gasteiger charge is 2.12. The average Bonchev–Trinajstić information content (AvgIpc) is 2.97. The molecule has 22 heavy (non-hydrogen) atoms. The highest BCUT2D eigenvalue weighted by Crippen LogP contribution is 2.34. The van der Waals surface area contributed by atoms with Crippen LogP contribution >= 0.6 is 11.6 Å². The first-order valence-electron chi connectivity index (χ1n) is 6.40. The summed E-state index contributed by atoms with van der Waals surface area (Å²) in [5.74, 6) is 0. The third-order valence-electron chi connectivity index (χ3n) is 3.31. The summed E-state index contributed by atoms with van der Waals surface area (Å²) in [4.78, 5) is 0.0767. The van der Waals surface area contributed by atoms with Crippen LogP contribution in [0.2, 0.25) is 5.02 Å². The lowest BCUT2D eigenvalue weighted by atomic mass is 9.99. The number of benzene rings is 2. The fraction of sp³-hybridized carbons (Fsp3) is 0. The van der Waals surface area contributed by atoms with Crippen molar-refractivity contribution in [3.05, 3.63) is 66.1 Å². The Kier molecular flexibility index (Phi) is 3.78. The predicted molar refractivity (Wildman–Crippen MR) is 86.0 cm³/mol. The van der Waals surface area contributed by atoms with Crippen LogP contribution in [0.1, 0.15) is 0 Å². The van der Waals surface area contributed by atoms with Gasteiger partial charge in [0.15, 0.2) is 0 Å². The van der Waals surface area contributed by atoms with Gasteiger partial charge < -0.3 is 4.42 Å². The Morgan fingerprint density at radius 2 is 1.27 bits per heavy atom. The van der Waals surface area contributed by atoms with E-state index < -0.39 is 10.0 Å². The summed E-state index contributed by atoms with van der Waals surface area (Å²) < 4.78 is 27.9. The minimum absolute atomic E-state index is 0.0767. The van der Waals surface area contributed by atoms with E-state index in [1.54, 1.807) is 36.8 Å². The molecule has 2 N–H and O–H groups in total. The van der Waals surface area contributed by atoms with Crippen molar-refractivity contribution in [1.82, 2.24) is 0 Å². The maximum atomic E-state index is 11.3. The van der Waals surface area contributed by atoms with E-state index in [-0.39, 0.29) is 4.90 Å². The summed E-state index contributed by atoms with van der Waals surface area (Å²) >= 11 is 5.90. The minimum atomic E-state index is -3.69. The Morgan fingerprint density at radius 1 is 0.818 bits per heavy atom. The van der Waals surface area contributed by atoms with Gasteiger partial charge in [0.25, 0.3) is 0 Å². The maximum absolute atomic E-state index is 11.3. The first kappa shape index (κ1) is 14.8. The smallest absolute Gasteiger partial charge is 0.238 e. The highest BCUT2D eigenvalue weighted by molar-refractivity contribution is 7.89. The van der Waals surface area contributed by atoms with Crippen molar-refractivity contribution in [2.75, 3.05) is 0 Å². The van der Waals surface area contributed by atoms with Gasteiger partial charge in [-0.2, -0.15) is 0 Å². The second-order valence-corrected chi connectivity index (χ2v) is 6.77. The van der Waals surface area contributed by atoms with Crippen LogP contribution in [0.5, 0.6) is 0 Å². The molecule has 4 nitrogen and oxygen atoms in total. The van der Waals surface area contributed by atoms with Crippen molar-refractivity contribution in [3.63, 3.8) is 0 Å². The van der Waals surface area contributed by atoms with E-state index in [0.29, 0.717) is 5.02 Å². The third kappa shape index (κ3) is 2.92. The van der Waals surface area contributed by atoms with Gasteiger partial charge in [0.2, 0.25) is 10.0 Å². The molecular formula is C16H12ClNO3S. The van der Waals surface area contributed by atoms with Crippen LogP contribution in [0, 0.1) is 0 Å². The summed E-state index contributed by atoms with van der Waals surface area (Å²) in [7, 11) is -3.69. The molecule has 6 heteroatoms. The summed E-state index contributed by atoms with van der Waals surface area (Å²) in [5, 5.41) is 5.76. The number of hydrogen-bond acceptors (Lipinski definition) is 3. The molecule has 3 rings (SSSR count). The molecule has 0 saturated heterocycles. The van der Waals surface area contributed by atoms with Crippen LogP contribution in [0.4, 0.5) is 0 Å². The van der Waals surface area contributed by atoms with E-state index in [2.05, 4.69) is 0 Å². The molecule has 1 heterocycles. The fourth-order valence-corrected chi connectivity index (χ4v) is 2.84. The molecule has 0 spiro atoms. The lowest BCUT2D eigenvalue weighted by molar-refractivity contribution is 0.569. The van der Waals surface area contributed by atoms with Crippen molar-refractivity contribution in [2.24, 2.45) is 5.14 Å². The molecule has 112 valence electrons. The van der Waals surface area contributed by atoms with Gasteiger partial charge in [0, 0.05) is 16.1 Å². The molecule has 2 aromatic carbocycles. The van der Waals surface area contributed by atoms with Crippen LogP contribution in [0.25, 0.3) is 22.3 Å². The number of rotatable bonds is 3. The summed E-state index contributed by atoms with van der Waals surface area (Å²) in [5.41, 5.74) is 3.57. The number of primary sulfonamides is 1. The number of furan rings is 1. The van der Waals surface area contributed by atoms with Crippen molar-refractivity contribution >= 4 is 21.6 Å². The van der Waals surface area contributed by atoms with Gasteiger partial charge in [0.1, 0.15) is 0 Å². The molecular weight excluding hydrogens is 322 g/mol. The van der Waals surface area contributed by atoms with E-state index in [4.69, 9.17) is 21.2 Å². The van der Waals surface area contributed by atoms with Gasteiger partial charge in [-0.1, -0.05) is 35.9 Å². The molecule has 0 atom stereocenters. The summed E-state index contributed by atoms with van der Waals surface area (Å²) in [6.07, 6.45) is 3.27. The summed E-state index contributed by atoms with van der Waals surface area (Å²) in [6.45, 7) is 0. The Bertz CT molecular complexity index is 897. The minimum Gasteiger partial charge on any atom is -0.471 e. The van der Waals surface area contributed by atoms with E-state index in [9.17, 15) is 8.42 Å². The maximum Gasteiger partial charge on any atom is 0.238 e. The molecule has 0 fully saturated rings. The van der Waals surface area contributed by atoms with Gasteiger partial charge in [0.05, 0.1) is 17.4 Å². The van der Waals surface area contributed by atoms with E-state index in [0.717, 1.165) is 22.3 Å². The quantitative estimate of drug-likeness (QED) is 0.789. The van der Waals surface area contributed by atoms with Crippen LogP contribution in [0.3, 0.4) is 0 Å². The van der Waals surface area contributed by atoms with Crippen molar-refractivity contribution < 1.29 is 12.8 Å². The molecule has 0 saturated carbocycles. The number of sulfonamides is 1. The van der Waals surface area contributed by atoms with E-state index >= 15 is 0 Å². The second kappa shape index (κ2) is 5.61. The van der Waals surface area contributed by atoms with Gasteiger partial charge in [-0.3, -0.25) is 0 Å². The molecule has 0 bridgehead atoms. The zero-order valence-corrected chi connectivity index (χ0v) is 12.9. The van der Waals surface area contributed by atoms with Crippen LogP contribution in [0.15, 0.2) is 70.4 Å². The molecule has 0 aliphatic rings. The first-order chi connectivity index (χ1) is 10.4. The molecule has 0 radical (unpaired) electrons. The molecule has 1 aromatic heterocycles. The number of nitrogens with two attached hydrogens (primary N) is 1. The third-order valence-corrected chi connectivity index (χ3v) is 4.49. The first-order valence-corrected chi connectivity index (χ1v) is 8.33. The lowest BCUT2D eigenvalue weighted by Crippen LogP contribution is -2.11. The van der Waals surface area contributed by atoms with Crippen LogP contribution < -0.4 is 5.14 Å². The highest BCUT2D eigenvalue weighted by atomic mass is 35.5. The number of hydrogen-bond donors (Lipinski definition) is 1. The summed E-state index contributed by atoms with van der Waals surface area (Å²) in [6, 6.07) is 13.8. The SMILES string of the molecule is NS(=O)(=O)c1ccc(-c2cocc2-c2ccc(Cl)cc2)cc1. The topological polar surface area (TPSA) is 73.3 Å². The van der Waals surface area contributed by atoms with Crippen LogP contribution in [-0.4, -0.2) is 8.42 Å². The van der Waals surface area contributed by atoms with Crippen molar-refractivity contribution in [1.29, 1.82) is 0 Å². The Hall–Kier alpha value is -2.08. The van der Waals surface area contributed by atoms with Gasteiger partial charge >= 0.3 is 0 Å². The predicted octanol–water partition coefficient (Wildman–Crippen LogP) is 3.91. The monoisotopic (exact) mass is 333 g/mol. The van der Waals surface area contributed by atoms with E-state index in [1.165, 1.54) is 12.1 Å². The zero-order chi connectivity index (χ0) is 15.7. The lowest BCUT2D eigenvalue weighted by Gasteiger charge is -2.05. The molecule has 0 amide bonds. The van der Waals surface area contributed by atoms with E-state index in [1.807, 2.05) is 12.1 Å². The Labute approximate surface area is 133 Å². The van der Waals surface area contributed by atoms with Crippen LogP contribution in [-0.2, 0) is 10.0 Å². The number of halogens is 1. The zero-order valence-electron chi connectivity index (χ0n) is 11.4. The molecule has 0 unspecified atom stereocenters. The molecule has 0 aliphatic carbocycles. The fourth-order valence-electron chi connectivity index (χ4n) is 2.20. The second-order valence-electron chi connectivity index (χ2n) is 4.78. The van der Waals surface area contributed by atoms with Crippen molar-refractivity contribution in [3.8, 4) is 22.3 Å². The Morgan fingerprint density at radius 3 is 1.73 bits per heavy atom. The van der Waals surface area contributed by atoms with Gasteiger partial charge in [-0.05, 0) is 35.4 Å². The normalized spacial score (nSPS) is 11.5. The largest absolute Gasteiger partial charge is 0.471 e. The average molecular weight is 334 g/mol. The van der Waals surface area contributed by atoms with Gasteiger partial charge in [-0.15, -0.1) is 0 Å². The standard InChI is InChI=1S/C16H12ClNO3S/c17-13-5-1-11(2-6-13)15-9-21-10-16(15)12-3-7-14(8-4-12)22(18,19)20/h1-10H,(H2,18,19,20). The molecule has 0 aliphatic heterocycles.